The predicted octanol–water partition coefficient (Wildman–Crippen LogP) is 10.9. The molecule has 6 nitrogen and oxygen atoms in total. The molecule has 6 aromatic carbocycles. The molecule has 0 aliphatic carbocycles. The summed E-state index contributed by atoms with van der Waals surface area (Å²) in [6, 6.07) is 44.8. The van der Waals surface area contributed by atoms with Crippen molar-refractivity contribution in [3.05, 3.63) is 133 Å². The zero-order valence-corrected chi connectivity index (χ0v) is 25.5. The van der Waals surface area contributed by atoms with Crippen molar-refractivity contribution >= 4 is 64.5 Å². The zero-order valence-electron chi connectivity index (χ0n) is 24.7. The molecule has 0 saturated carbocycles. The van der Waals surface area contributed by atoms with Crippen LogP contribution in [0.2, 0.25) is 0 Å². The van der Waals surface area contributed by atoms with E-state index in [1.807, 2.05) is 84.9 Å². The van der Waals surface area contributed by atoms with Crippen molar-refractivity contribution in [2.45, 2.75) is 0 Å². The number of nitrogens with zero attached hydrogens (tertiary/aromatic N) is 4. The maximum absolute atomic E-state index is 6.41. The largest absolute Gasteiger partial charge is 0.455 e. The number of aromatic nitrogens is 4. The van der Waals surface area contributed by atoms with Gasteiger partial charge in [-0.15, -0.1) is 11.3 Å². The topological polar surface area (TPSA) is 77.8 Å². The lowest BCUT2D eigenvalue weighted by atomic mass is 10.0. The quantitative estimate of drug-likeness (QED) is 0.194. The normalized spacial score (nSPS) is 11.8. The van der Waals surface area contributed by atoms with E-state index in [0.29, 0.717) is 23.4 Å². The van der Waals surface area contributed by atoms with Crippen molar-refractivity contribution in [1.82, 2.24) is 19.9 Å². The number of thiophene rings is 1. The summed E-state index contributed by atoms with van der Waals surface area (Å²) >= 11 is 1.75. The molecule has 0 saturated heterocycles. The Kier molecular flexibility index (Phi) is 5.64. The molecule has 4 aromatic heterocycles. The fraction of sp³-hybridized carbons (Fsp3) is 0. The highest BCUT2D eigenvalue weighted by Gasteiger charge is 2.20. The smallest absolute Gasteiger partial charge is 0.227 e. The number of oxazole rings is 1. The van der Waals surface area contributed by atoms with E-state index in [-0.39, 0.29) is 0 Å². The molecule has 0 atom stereocenters. The lowest BCUT2D eigenvalue weighted by Crippen LogP contribution is -2.00. The SMILES string of the molecule is c1ccc(-c2nc(-c3cccc4c3oc3ccccc34)nc(-c3cccc4sc5ccc(-c6nc7ccccc7o6)cc5c34)n2)cc1. The molecule has 4 heterocycles. The van der Waals surface area contributed by atoms with Crippen LogP contribution in [0.5, 0.6) is 0 Å². The zero-order chi connectivity index (χ0) is 30.9. The molecule has 10 rings (SSSR count). The summed E-state index contributed by atoms with van der Waals surface area (Å²) in [5, 5.41) is 4.27. The summed E-state index contributed by atoms with van der Waals surface area (Å²) in [4.78, 5) is 20.0. The van der Waals surface area contributed by atoms with Gasteiger partial charge in [-0.05, 0) is 48.5 Å². The number of furan rings is 1. The molecular formula is C40H22N4O2S. The van der Waals surface area contributed by atoms with Crippen LogP contribution in [0.3, 0.4) is 0 Å². The molecule has 0 amide bonds. The number of hydrogen-bond donors (Lipinski definition) is 0. The van der Waals surface area contributed by atoms with E-state index < -0.39 is 0 Å². The standard InChI is InChI=1S/C40H22N4O2S/c1-2-10-23(11-3-1)37-42-38(44-39(43-37)28-15-8-13-26-25-12-4-6-17-31(25)45-36(26)28)27-14-9-19-34-35(27)29-22-24(20-21-33(29)47-34)40-41-30-16-5-7-18-32(30)46-40/h1-22H. The number of para-hydroxylation sites is 4. The van der Waals surface area contributed by atoms with Crippen LogP contribution >= 0.6 is 11.3 Å². The molecule has 0 aliphatic rings. The molecule has 10 aromatic rings. The molecule has 0 fully saturated rings. The molecule has 47 heavy (non-hydrogen) atoms. The van der Waals surface area contributed by atoms with E-state index in [1.165, 1.54) is 0 Å². The van der Waals surface area contributed by atoms with E-state index in [4.69, 9.17) is 28.8 Å². The highest BCUT2D eigenvalue weighted by molar-refractivity contribution is 7.26. The summed E-state index contributed by atoms with van der Waals surface area (Å²) in [6.07, 6.45) is 0. The molecule has 0 bridgehead atoms. The average Bonchev–Trinajstić information content (AvgIpc) is 3.85. The highest BCUT2D eigenvalue weighted by Crippen LogP contribution is 2.42. The third-order valence-electron chi connectivity index (χ3n) is 8.59. The molecule has 0 unspecified atom stereocenters. The number of benzene rings is 6. The Morgan fingerprint density at radius 2 is 1.17 bits per heavy atom. The third-order valence-corrected chi connectivity index (χ3v) is 9.73. The van der Waals surface area contributed by atoms with Crippen molar-refractivity contribution in [2.75, 3.05) is 0 Å². The van der Waals surface area contributed by atoms with Crippen molar-refractivity contribution < 1.29 is 8.83 Å². The Labute approximate surface area is 271 Å². The van der Waals surface area contributed by atoms with Gasteiger partial charge in [-0.25, -0.2) is 19.9 Å². The van der Waals surface area contributed by atoms with Crippen molar-refractivity contribution in [3.63, 3.8) is 0 Å². The average molecular weight is 623 g/mol. The lowest BCUT2D eigenvalue weighted by molar-refractivity contribution is 0.620. The molecule has 7 heteroatoms. The maximum atomic E-state index is 6.41. The summed E-state index contributed by atoms with van der Waals surface area (Å²) < 4.78 is 14.9. The van der Waals surface area contributed by atoms with Crippen LogP contribution < -0.4 is 0 Å². The van der Waals surface area contributed by atoms with Crippen molar-refractivity contribution in [1.29, 1.82) is 0 Å². The van der Waals surface area contributed by atoms with Crippen LogP contribution in [0.4, 0.5) is 0 Å². The lowest BCUT2D eigenvalue weighted by Gasteiger charge is -2.10. The van der Waals surface area contributed by atoms with Gasteiger partial charge in [-0.1, -0.05) is 84.9 Å². The molecule has 220 valence electrons. The monoisotopic (exact) mass is 622 g/mol. The molecule has 0 aliphatic heterocycles. The van der Waals surface area contributed by atoms with Gasteiger partial charge in [0.25, 0.3) is 0 Å². The van der Waals surface area contributed by atoms with Gasteiger partial charge in [0.15, 0.2) is 23.1 Å². The fourth-order valence-electron chi connectivity index (χ4n) is 6.40. The van der Waals surface area contributed by atoms with Gasteiger partial charge in [-0.3, -0.25) is 0 Å². The van der Waals surface area contributed by atoms with Crippen LogP contribution in [0.25, 0.3) is 98.8 Å². The van der Waals surface area contributed by atoms with Gasteiger partial charge < -0.3 is 8.83 Å². The number of fused-ring (bicyclic) bond motifs is 7. The van der Waals surface area contributed by atoms with Gasteiger partial charge in [0.2, 0.25) is 5.89 Å². The van der Waals surface area contributed by atoms with E-state index in [9.17, 15) is 0 Å². The molecule has 0 radical (unpaired) electrons. The van der Waals surface area contributed by atoms with E-state index in [0.717, 1.165) is 75.5 Å². The molecule has 0 N–H and O–H groups in total. The minimum absolute atomic E-state index is 0.558. The predicted molar refractivity (Wildman–Crippen MR) is 189 cm³/mol. The van der Waals surface area contributed by atoms with E-state index in [1.54, 1.807) is 11.3 Å². The van der Waals surface area contributed by atoms with E-state index >= 15 is 0 Å². The third kappa shape index (κ3) is 4.17. The van der Waals surface area contributed by atoms with Crippen LogP contribution in [0.1, 0.15) is 0 Å². The van der Waals surface area contributed by atoms with Crippen LogP contribution in [-0.2, 0) is 0 Å². The summed E-state index contributed by atoms with van der Waals surface area (Å²) in [7, 11) is 0. The van der Waals surface area contributed by atoms with Crippen molar-refractivity contribution in [2.24, 2.45) is 0 Å². The molecule has 0 spiro atoms. The highest BCUT2D eigenvalue weighted by atomic mass is 32.1. The first-order valence-corrected chi connectivity index (χ1v) is 16.1. The van der Waals surface area contributed by atoms with Gasteiger partial charge in [0.05, 0.1) is 5.56 Å². The first-order valence-electron chi connectivity index (χ1n) is 15.3. The minimum atomic E-state index is 0.558. The van der Waals surface area contributed by atoms with E-state index in [2.05, 4.69) is 48.5 Å². The fourth-order valence-corrected chi connectivity index (χ4v) is 7.51. The Morgan fingerprint density at radius 1 is 0.447 bits per heavy atom. The van der Waals surface area contributed by atoms with Gasteiger partial charge in [-0.2, -0.15) is 0 Å². The summed E-state index contributed by atoms with van der Waals surface area (Å²) in [5.41, 5.74) is 6.77. The van der Waals surface area contributed by atoms with Crippen LogP contribution in [-0.4, -0.2) is 19.9 Å². The van der Waals surface area contributed by atoms with Crippen LogP contribution in [0.15, 0.2) is 142 Å². The van der Waals surface area contributed by atoms with Gasteiger partial charge in [0, 0.05) is 47.6 Å². The van der Waals surface area contributed by atoms with Gasteiger partial charge >= 0.3 is 0 Å². The second-order valence-electron chi connectivity index (χ2n) is 11.4. The second kappa shape index (κ2) is 10.2. The maximum Gasteiger partial charge on any atom is 0.227 e. The Bertz CT molecular complexity index is 2780. The number of hydrogen-bond acceptors (Lipinski definition) is 7. The minimum Gasteiger partial charge on any atom is -0.455 e. The number of rotatable bonds is 4. The summed E-state index contributed by atoms with van der Waals surface area (Å²) in [6.45, 7) is 0. The Hall–Kier alpha value is -6.18. The second-order valence-corrected chi connectivity index (χ2v) is 12.5. The van der Waals surface area contributed by atoms with Crippen molar-refractivity contribution in [3.8, 4) is 45.6 Å². The van der Waals surface area contributed by atoms with Crippen LogP contribution in [0, 0.1) is 0 Å². The summed E-state index contributed by atoms with van der Waals surface area (Å²) in [5.74, 6) is 2.35. The Balaban J connectivity index is 1.22. The Morgan fingerprint density at radius 3 is 2.06 bits per heavy atom. The first-order chi connectivity index (χ1) is 23.3. The molecular weight excluding hydrogens is 601 g/mol. The first kappa shape index (κ1) is 26.1. The van der Waals surface area contributed by atoms with Gasteiger partial charge in [0.1, 0.15) is 16.7 Å².